The zero-order valence-corrected chi connectivity index (χ0v) is 8.04. The smallest absolute Gasteiger partial charge is 0.164 e. The van der Waals surface area contributed by atoms with Gasteiger partial charge >= 0.3 is 0 Å². The molecule has 1 heterocycles. The van der Waals surface area contributed by atoms with E-state index in [2.05, 4.69) is 10.00 Å². The fraction of sp³-hybridized carbons (Fsp3) is 0.571. The van der Waals surface area contributed by atoms with Crippen molar-refractivity contribution in [3.8, 4) is 0 Å². The predicted molar refractivity (Wildman–Crippen MR) is 50.2 cm³/mol. The molecule has 0 spiro atoms. The molecule has 0 aliphatic heterocycles. The molecule has 0 aliphatic rings. The van der Waals surface area contributed by atoms with E-state index in [1.54, 1.807) is 10.9 Å². The van der Waals surface area contributed by atoms with Crippen LogP contribution in [0.15, 0.2) is 6.20 Å². The Hall–Kier alpha value is -0.740. The third-order valence-electron chi connectivity index (χ3n) is 1.52. The summed E-state index contributed by atoms with van der Waals surface area (Å²) in [5, 5.41) is 4.54. The Labute approximate surface area is 76.9 Å². The van der Waals surface area contributed by atoms with E-state index in [4.69, 9.17) is 17.3 Å². The lowest BCUT2D eigenvalue weighted by molar-refractivity contribution is 0.373. The molecule has 68 valence electrons. The third-order valence-corrected chi connectivity index (χ3v) is 1.81. The standard InChI is InChI=1S/C7H13ClN4/c1-11(2)3-4-12-5-6(8)7(9)10-12/h5H,3-4H2,1-2H3,(H2,9,10). The highest BCUT2D eigenvalue weighted by atomic mass is 35.5. The highest BCUT2D eigenvalue weighted by Gasteiger charge is 2.01. The average molecular weight is 189 g/mol. The molecule has 1 aromatic heterocycles. The van der Waals surface area contributed by atoms with E-state index >= 15 is 0 Å². The normalized spacial score (nSPS) is 11.0. The van der Waals surface area contributed by atoms with E-state index in [1.807, 2.05) is 14.1 Å². The second kappa shape index (κ2) is 3.78. The van der Waals surface area contributed by atoms with Gasteiger partial charge in [0.1, 0.15) is 5.02 Å². The van der Waals surface area contributed by atoms with Gasteiger partial charge in [-0.15, -0.1) is 0 Å². The molecular formula is C7H13ClN4. The molecule has 0 unspecified atom stereocenters. The Morgan fingerprint density at radius 1 is 1.67 bits per heavy atom. The molecule has 5 heteroatoms. The van der Waals surface area contributed by atoms with Crippen LogP contribution in [0.3, 0.4) is 0 Å². The average Bonchev–Trinajstić information content (AvgIpc) is 2.28. The molecule has 0 bridgehead atoms. The molecule has 0 saturated carbocycles. The zero-order valence-electron chi connectivity index (χ0n) is 7.29. The molecule has 1 aromatic rings. The van der Waals surface area contributed by atoms with Crippen molar-refractivity contribution in [2.24, 2.45) is 0 Å². The van der Waals surface area contributed by atoms with E-state index in [-0.39, 0.29) is 0 Å². The Bertz CT molecular complexity index is 236. The van der Waals surface area contributed by atoms with Gasteiger partial charge in [0.2, 0.25) is 0 Å². The molecule has 0 atom stereocenters. The second-order valence-corrected chi connectivity index (χ2v) is 3.34. The summed E-state index contributed by atoms with van der Waals surface area (Å²) in [6.07, 6.45) is 1.74. The number of hydrogen-bond donors (Lipinski definition) is 1. The van der Waals surface area contributed by atoms with Crippen LogP contribution in [0, 0.1) is 0 Å². The minimum absolute atomic E-state index is 0.399. The Morgan fingerprint density at radius 2 is 2.33 bits per heavy atom. The molecule has 0 aliphatic carbocycles. The van der Waals surface area contributed by atoms with Crippen molar-refractivity contribution in [3.05, 3.63) is 11.2 Å². The van der Waals surface area contributed by atoms with E-state index < -0.39 is 0 Å². The number of rotatable bonds is 3. The molecule has 0 amide bonds. The van der Waals surface area contributed by atoms with Crippen LogP contribution in [-0.4, -0.2) is 35.3 Å². The topological polar surface area (TPSA) is 47.1 Å². The number of anilines is 1. The molecule has 0 aromatic carbocycles. The van der Waals surface area contributed by atoms with Crippen molar-refractivity contribution in [1.29, 1.82) is 0 Å². The van der Waals surface area contributed by atoms with E-state index in [1.165, 1.54) is 0 Å². The highest BCUT2D eigenvalue weighted by molar-refractivity contribution is 6.32. The van der Waals surface area contributed by atoms with Gasteiger partial charge in [-0.3, -0.25) is 4.68 Å². The first-order valence-corrected chi connectivity index (χ1v) is 4.10. The monoisotopic (exact) mass is 188 g/mol. The molecule has 0 fully saturated rings. The maximum absolute atomic E-state index is 5.72. The van der Waals surface area contributed by atoms with Crippen LogP contribution in [0.4, 0.5) is 5.82 Å². The SMILES string of the molecule is CN(C)CCn1cc(Cl)c(N)n1. The van der Waals surface area contributed by atoms with Crippen LogP contribution < -0.4 is 5.73 Å². The summed E-state index contributed by atoms with van der Waals surface area (Å²) in [6, 6.07) is 0. The summed E-state index contributed by atoms with van der Waals surface area (Å²) < 4.78 is 1.75. The molecule has 12 heavy (non-hydrogen) atoms. The van der Waals surface area contributed by atoms with Crippen molar-refractivity contribution >= 4 is 17.4 Å². The summed E-state index contributed by atoms with van der Waals surface area (Å²) >= 11 is 5.72. The minimum atomic E-state index is 0.399. The van der Waals surface area contributed by atoms with Crippen molar-refractivity contribution in [2.45, 2.75) is 6.54 Å². The third kappa shape index (κ3) is 2.39. The fourth-order valence-electron chi connectivity index (χ4n) is 0.829. The number of likely N-dealkylation sites (N-methyl/N-ethyl adjacent to an activating group) is 1. The van der Waals surface area contributed by atoms with Crippen LogP contribution in [0.1, 0.15) is 0 Å². The van der Waals surface area contributed by atoms with Gasteiger partial charge in [-0.2, -0.15) is 5.10 Å². The number of nitrogens with two attached hydrogens (primary N) is 1. The molecule has 0 radical (unpaired) electrons. The van der Waals surface area contributed by atoms with Crippen LogP contribution in [-0.2, 0) is 6.54 Å². The van der Waals surface area contributed by atoms with Crippen molar-refractivity contribution < 1.29 is 0 Å². The largest absolute Gasteiger partial charge is 0.381 e. The molecular weight excluding hydrogens is 176 g/mol. The van der Waals surface area contributed by atoms with Gasteiger partial charge < -0.3 is 10.6 Å². The lowest BCUT2D eigenvalue weighted by atomic mass is 10.6. The molecule has 2 N–H and O–H groups in total. The quantitative estimate of drug-likeness (QED) is 0.759. The maximum atomic E-state index is 5.72. The first-order chi connectivity index (χ1) is 5.59. The van der Waals surface area contributed by atoms with E-state index in [9.17, 15) is 0 Å². The summed E-state index contributed by atoms with van der Waals surface area (Å²) in [5.74, 6) is 0.399. The van der Waals surface area contributed by atoms with Gasteiger partial charge in [-0.1, -0.05) is 11.6 Å². The Balaban J connectivity index is 2.53. The predicted octanol–water partition coefficient (Wildman–Crippen LogP) is 0.680. The Morgan fingerprint density at radius 3 is 2.75 bits per heavy atom. The minimum Gasteiger partial charge on any atom is -0.381 e. The maximum Gasteiger partial charge on any atom is 0.164 e. The first kappa shape index (κ1) is 9.35. The van der Waals surface area contributed by atoms with E-state index in [0.717, 1.165) is 13.1 Å². The van der Waals surface area contributed by atoms with Crippen LogP contribution in [0.25, 0.3) is 0 Å². The molecule has 4 nitrogen and oxygen atoms in total. The number of nitrogens with zero attached hydrogens (tertiary/aromatic N) is 3. The summed E-state index contributed by atoms with van der Waals surface area (Å²) in [6.45, 7) is 1.74. The van der Waals surface area contributed by atoms with Crippen molar-refractivity contribution in [1.82, 2.24) is 14.7 Å². The van der Waals surface area contributed by atoms with E-state index in [0.29, 0.717) is 10.8 Å². The highest BCUT2D eigenvalue weighted by Crippen LogP contribution is 2.14. The van der Waals surface area contributed by atoms with Gasteiger partial charge in [0.05, 0.1) is 6.54 Å². The van der Waals surface area contributed by atoms with Gasteiger partial charge in [0.15, 0.2) is 5.82 Å². The van der Waals surface area contributed by atoms with Gasteiger partial charge in [-0.05, 0) is 14.1 Å². The summed E-state index contributed by atoms with van der Waals surface area (Å²) in [4.78, 5) is 2.08. The van der Waals surface area contributed by atoms with Gasteiger partial charge in [0.25, 0.3) is 0 Å². The van der Waals surface area contributed by atoms with Gasteiger partial charge in [-0.25, -0.2) is 0 Å². The number of halogens is 1. The van der Waals surface area contributed by atoms with Crippen LogP contribution >= 0.6 is 11.6 Å². The van der Waals surface area contributed by atoms with Crippen LogP contribution in [0.5, 0.6) is 0 Å². The van der Waals surface area contributed by atoms with Crippen LogP contribution in [0.2, 0.25) is 5.02 Å². The zero-order chi connectivity index (χ0) is 9.14. The molecule has 0 saturated heterocycles. The lowest BCUT2D eigenvalue weighted by Gasteiger charge is -2.08. The summed E-state index contributed by atoms with van der Waals surface area (Å²) in [7, 11) is 4.02. The van der Waals surface area contributed by atoms with Crippen molar-refractivity contribution in [2.75, 3.05) is 26.4 Å². The molecule has 1 rings (SSSR count). The van der Waals surface area contributed by atoms with Crippen molar-refractivity contribution in [3.63, 3.8) is 0 Å². The second-order valence-electron chi connectivity index (χ2n) is 2.93. The Kier molecular flexibility index (Phi) is 2.94. The lowest BCUT2D eigenvalue weighted by Crippen LogP contribution is -2.18. The number of nitrogen functional groups attached to an aromatic ring is 1. The van der Waals surface area contributed by atoms with Gasteiger partial charge in [0, 0.05) is 12.7 Å². The number of aromatic nitrogens is 2. The first-order valence-electron chi connectivity index (χ1n) is 3.73. The number of hydrogen-bond acceptors (Lipinski definition) is 3. The fourth-order valence-corrected chi connectivity index (χ4v) is 0.979. The summed E-state index contributed by atoms with van der Waals surface area (Å²) in [5.41, 5.74) is 5.47.